The van der Waals surface area contributed by atoms with Gasteiger partial charge in [0.05, 0.1) is 11.6 Å². The number of hydrogen-bond acceptors (Lipinski definition) is 7. The van der Waals surface area contributed by atoms with Gasteiger partial charge in [-0.15, -0.1) is 0 Å². The first-order chi connectivity index (χ1) is 14.1. The van der Waals surface area contributed by atoms with Gasteiger partial charge in [-0.1, -0.05) is 28.9 Å². The minimum absolute atomic E-state index is 0.117. The molecule has 3 rings (SSSR count). The number of amides is 1. The summed E-state index contributed by atoms with van der Waals surface area (Å²) >= 11 is 6.09. The Balaban J connectivity index is 1.46. The number of carbonyl (C=O) groups is 2. The van der Waals surface area contributed by atoms with E-state index in [1.165, 1.54) is 0 Å². The standard InChI is InChI=1S/C20H18ClN3O5/c1-2-27-14-9-7-13(8-10-14)20(26)22-11-18(25)28-12-17-23-19(24-29-17)15-5-3-4-6-16(15)21/h3-10H,2,11-12H2,1H3,(H,22,26). The Hall–Kier alpha value is -3.39. The van der Waals surface area contributed by atoms with Crippen LogP contribution in [0.3, 0.4) is 0 Å². The van der Waals surface area contributed by atoms with Crippen molar-refractivity contribution in [3.05, 3.63) is 65.0 Å². The van der Waals surface area contributed by atoms with Gasteiger partial charge >= 0.3 is 5.97 Å². The second-order valence-corrected chi connectivity index (χ2v) is 6.20. The van der Waals surface area contributed by atoms with E-state index in [1.54, 1.807) is 48.5 Å². The maximum atomic E-state index is 12.1. The summed E-state index contributed by atoms with van der Waals surface area (Å²) in [5, 5.41) is 6.78. The normalized spacial score (nSPS) is 10.4. The van der Waals surface area contributed by atoms with Gasteiger partial charge < -0.3 is 19.3 Å². The quantitative estimate of drug-likeness (QED) is 0.563. The summed E-state index contributed by atoms with van der Waals surface area (Å²) in [5.74, 6) is 0.0429. The largest absolute Gasteiger partial charge is 0.494 e. The molecule has 1 aromatic heterocycles. The first-order valence-electron chi connectivity index (χ1n) is 8.81. The van der Waals surface area contributed by atoms with Gasteiger partial charge in [-0.2, -0.15) is 4.98 Å². The second-order valence-electron chi connectivity index (χ2n) is 5.79. The fourth-order valence-corrected chi connectivity index (χ4v) is 2.60. The molecule has 2 aromatic carbocycles. The minimum Gasteiger partial charge on any atom is -0.494 e. The predicted molar refractivity (Wildman–Crippen MR) is 104 cm³/mol. The molecule has 0 aliphatic carbocycles. The average Bonchev–Trinajstić information content (AvgIpc) is 3.20. The van der Waals surface area contributed by atoms with Crippen molar-refractivity contribution in [3.8, 4) is 17.1 Å². The second kappa shape index (κ2) is 9.70. The number of aromatic nitrogens is 2. The van der Waals surface area contributed by atoms with E-state index in [-0.39, 0.29) is 19.0 Å². The van der Waals surface area contributed by atoms with E-state index < -0.39 is 11.9 Å². The van der Waals surface area contributed by atoms with Crippen molar-refractivity contribution in [2.45, 2.75) is 13.5 Å². The molecule has 3 aromatic rings. The van der Waals surface area contributed by atoms with Crippen molar-refractivity contribution in [2.75, 3.05) is 13.2 Å². The van der Waals surface area contributed by atoms with Crippen LogP contribution in [0.25, 0.3) is 11.4 Å². The van der Waals surface area contributed by atoms with Crippen LogP contribution >= 0.6 is 11.6 Å². The third-order valence-electron chi connectivity index (χ3n) is 3.76. The van der Waals surface area contributed by atoms with Crippen molar-refractivity contribution >= 4 is 23.5 Å². The van der Waals surface area contributed by atoms with Gasteiger partial charge in [0.15, 0.2) is 6.61 Å². The summed E-state index contributed by atoms with van der Waals surface area (Å²) in [6.07, 6.45) is 0. The molecule has 0 saturated carbocycles. The third kappa shape index (κ3) is 5.55. The number of halogens is 1. The predicted octanol–water partition coefficient (Wildman–Crippen LogP) is 3.26. The summed E-state index contributed by atoms with van der Waals surface area (Å²) in [7, 11) is 0. The van der Waals surface area contributed by atoms with Crippen LogP contribution in [-0.4, -0.2) is 35.2 Å². The lowest BCUT2D eigenvalue weighted by Crippen LogP contribution is -2.30. The van der Waals surface area contributed by atoms with Gasteiger partial charge in [-0.25, -0.2) is 0 Å². The molecule has 0 spiro atoms. The lowest BCUT2D eigenvalue weighted by Gasteiger charge is -2.06. The van der Waals surface area contributed by atoms with Crippen LogP contribution in [0.2, 0.25) is 5.02 Å². The molecular formula is C20H18ClN3O5. The molecule has 1 heterocycles. The molecule has 150 valence electrons. The number of hydrogen-bond donors (Lipinski definition) is 1. The molecule has 0 aliphatic heterocycles. The van der Waals surface area contributed by atoms with E-state index in [0.29, 0.717) is 34.3 Å². The molecule has 0 bridgehead atoms. The highest BCUT2D eigenvalue weighted by Gasteiger charge is 2.14. The number of benzene rings is 2. The molecule has 0 unspecified atom stereocenters. The number of carbonyl (C=O) groups excluding carboxylic acids is 2. The van der Waals surface area contributed by atoms with Gasteiger partial charge in [-0.3, -0.25) is 9.59 Å². The topological polar surface area (TPSA) is 104 Å². The molecule has 1 amide bonds. The Kier molecular flexibility index (Phi) is 6.80. The summed E-state index contributed by atoms with van der Waals surface area (Å²) in [4.78, 5) is 28.1. The molecule has 1 N–H and O–H groups in total. The smallest absolute Gasteiger partial charge is 0.325 e. The first-order valence-corrected chi connectivity index (χ1v) is 9.18. The third-order valence-corrected chi connectivity index (χ3v) is 4.09. The Labute approximate surface area is 171 Å². The van der Waals surface area contributed by atoms with Crippen LogP contribution in [0.4, 0.5) is 0 Å². The maximum Gasteiger partial charge on any atom is 0.325 e. The number of rotatable bonds is 8. The van der Waals surface area contributed by atoms with Crippen LogP contribution in [-0.2, 0) is 16.1 Å². The maximum absolute atomic E-state index is 12.1. The van der Waals surface area contributed by atoms with Crippen LogP contribution in [0.1, 0.15) is 23.2 Å². The zero-order valence-electron chi connectivity index (χ0n) is 15.6. The van der Waals surface area contributed by atoms with Crippen molar-refractivity contribution in [1.29, 1.82) is 0 Å². The molecule has 8 nitrogen and oxygen atoms in total. The SMILES string of the molecule is CCOc1ccc(C(=O)NCC(=O)OCc2nc(-c3ccccc3Cl)no2)cc1. The van der Waals surface area contributed by atoms with E-state index in [1.807, 2.05) is 6.92 Å². The Morgan fingerprint density at radius 3 is 2.62 bits per heavy atom. The van der Waals surface area contributed by atoms with Crippen LogP contribution in [0.5, 0.6) is 5.75 Å². The lowest BCUT2D eigenvalue weighted by molar-refractivity contribution is -0.144. The van der Waals surface area contributed by atoms with Crippen molar-refractivity contribution in [2.24, 2.45) is 0 Å². The van der Waals surface area contributed by atoms with Gasteiger partial charge in [0.1, 0.15) is 12.3 Å². The zero-order valence-corrected chi connectivity index (χ0v) is 16.3. The van der Waals surface area contributed by atoms with Crippen molar-refractivity contribution in [3.63, 3.8) is 0 Å². The zero-order chi connectivity index (χ0) is 20.6. The molecule has 29 heavy (non-hydrogen) atoms. The van der Waals surface area contributed by atoms with E-state index in [4.69, 9.17) is 25.6 Å². The summed E-state index contributed by atoms with van der Waals surface area (Å²) in [5.41, 5.74) is 1.01. The Morgan fingerprint density at radius 1 is 1.14 bits per heavy atom. The average molecular weight is 416 g/mol. The lowest BCUT2D eigenvalue weighted by atomic mass is 10.2. The molecule has 0 saturated heterocycles. The number of nitrogens with zero attached hydrogens (tertiary/aromatic N) is 2. The van der Waals surface area contributed by atoms with Gasteiger partial charge in [0, 0.05) is 11.1 Å². The Bertz CT molecular complexity index is 988. The van der Waals surface area contributed by atoms with Gasteiger partial charge in [-0.05, 0) is 43.3 Å². The van der Waals surface area contributed by atoms with Crippen LogP contribution in [0, 0.1) is 0 Å². The monoisotopic (exact) mass is 415 g/mol. The highest BCUT2D eigenvalue weighted by atomic mass is 35.5. The first kappa shape index (κ1) is 20.3. The van der Waals surface area contributed by atoms with Crippen LogP contribution < -0.4 is 10.1 Å². The number of nitrogens with one attached hydrogen (secondary N) is 1. The fourth-order valence-electron chi connectivity index (χ4n) is 2.38. The highest BCUT2D eigenvalue weighted by molar-refractivity contribution is 6.33. The molecule has 0 aliphatic rings. The molecule has 0 atom stereocenters. The highest BCUT2D eigenvalue weighted by Crippen LogP contribution is 2.24. The minimum atomic E-state index is -0.637. The van der Waals surface area contributed by atoms with E-state index in [2.05, 4.69) is 15.5 Å². The van der Waals surface area contributed by atoms with Crippen LogP contribution in [0.15, 0.2) is 53.1 Å². The summed E-state index contributed by atoms with van der Waals surface area (Å²) in [6.45, 7) is 1.90. The van der Waals surface area contributed by atoms with E-state index in [9.17, 15) is 9.59 Å². The van der Waals surface area contributed by atoms with Gasteiger partial charge in [0.25, 0.3) is 11.8 Å². The molecular weight excluding hydrogens is 398 g/mol. The molecule has 0 radical (unpaired) electrons. The number of ether oxygens (including phenoxy) is 2. The van der Waals surface area contributed by atoms with E-state index >= 15 is 0 Å². The number of esters is 1. The van der Waals surface area contributed by atoms with Crippen molar-refractivity contribution in [1.82, 2.24) is 15.5 Å². The Morgan fingerprint density at radius 2 is 1.90 bits per heavy atom. The van der Waals surface area contributed by atoms with Gasteiger partial charge in [0.2, 0.25) is 5.82 Å². The molecule has 9 heteroatoms. The van der Waals surface area contributed by atoms with Crippen molar-refractivity contribution < 1.29 is 23.6 Å². The molecule has 0 fully saturated rings. The fraction of sp³-hybridized carbons (Fsp3) is 0.200. The summed E-state index contributed by atoms with van der Waals surface area (Å²) < 4.78 is 15.4. The summed E-state index contributed by atoms with van der Waals surface area (Å²) in [6, 6.07) is 13.6. The van der Waals surface area contributed by atoms with E-state index in [0.717, 1.165) is 0 Å².